The third-order valence-electron chi connectivity index (χ3n) is 3.77. The van der Waals surface area contributed by atoms with Crippen LogP contribution in [0.4, 0.5) is 11.6 Å². The molecule has 0 saturated heterocycles. The van der Waals surface area contributed by atoms with Crippen LogP contribution in [-0.4, -0.2) is 42.2 Å². The van der Waals surface area contributed by atoms with Gasteiger partial charge in [0, 0.05) is 0 Å². The van der Waals surface area contributed by atoms with Crippen molar-refractivity contribution in [2.24, 2.45) is 0 Å². The van der Waals surface area contributed by atoms with Crippen molar-refractivity contribution in [2.75, 3.05) is 18.1 Å². The van der Waals surface area contributed by atoms with E-state index in [1.807, 2.05) is 10.6 Å². The number of hydrogen-bond donors (Lipinski definition) is 3. The average Bonchev–Trinajstić information content (AvgIpc) is 2.80. The van der Waals surface area contributed by atoms with Crippen LogP contribution >= 0.6 is 0 Å². The Hall–Kier alpha value is -2.37. The van der Waals surface area contributed by atoms with Crippen LogP contribution in [0.25, 0.3) is 11.0 Å². The van der Waals surface area contributed by atoms with Crippen molar-refractivity contribution in [3.63, 3.8) is 0 Å². The van der Waals surface area contributed by atoms with E-state index in [1.165, 1.54) is 11.9 Å². The molecule has 1 radical (unpaired) electrons. The third kappa shape index (κ3) is 2.69. The Labute approximate surface area is 142 Å². The summed E-state index contributed by atoms with van der Waals surface area (Å²) in [7, 11) is 1.79. The summed E-state index contributed by atoms with van der Waals surface area (Å²) < 4.78 is 2.20. The zero-order valence-electron chi connectivity index (χ0n) is 12.9. The minimum atomic E-state index is 0.279. The Balaban J connectivity index is 2.25. The summed E-state index contributed by atoms with van der Waals surface area (Å²) in [5.41, 5.74) is 10.0. The molecular weight excluding hydrogens is 355 g/mol. The molecule has 0 saturated carbocycles. The predicted octanol–water partition coefficient (Wildman–Crippen LogP) is 1.91. The Bertz CT molecular complexity index is 899. The summed E-state index contributed by atoms with van der Waals surface area (Å²) in [6.07, 6.45) is 1.51. The number of nitrogens with two attached hydrogens (primary N) is 1. The Morgan fingerprint density at radius 1 is 1.39 bits per heavy atom. The van der Waals surface area contributed by atoms with Crippen molar-refractivity contribution in [3.05, 3.63) is 47.3 Å². The molecular formula is C16H17N6Se. The molecule has 0 atom stereocenters. The standard InChI is InChI=1S/C16H17N6Se/c1-9-4-3-5-10(6-9)7-22-13(17)11(14(18)23)12-15(19-2)20-8-21-16(12)22/h3-6,8,18H,7,17H2,1-2H3,(H,19,20,21). The summed E-state index contributed by atoms with van der Waals surface area (Å²) in [6.45, 7) is 2.65. The quantitative estimate of drug-likeness (QED) is 0.482. The first-order chi connectivity index (χ1) is 11.0. The van der Waals surface area contributed by atoms with Crippen molar-refractivity contribution in [2.45, 2.75) is 13.5 Å². The Morgan fingerprint density at radius 2 is 2.17 bits per heavy atom. The fourth-order valence-corrected chi connectivity index (χ4v) is 3.19. The molecule has 6 nitrogen and oxygen atoms in total. The third-order valence-corrected chi connectivity index (χ3v) is 4.20. The van der Waals surface area contributed by atoms with Crippen molar-refractivity contribution >= 4 is 43.3 Å². The minimum absolute atomic E-state index is 0.279. The van der Waals surface area contributed by atoms with Gasteiger partial charge in [0.05, 0.1) is 0 Å². The van der Waals surface area contributed by atoms with Gasteiger partial charge < -0.3 is 0 Å². The monoisotopic (exact) mass is 373 g/mol. The van der Waals surface area contributed by atoms with Gasteiger partial charge in [-0.25, -0.2) is 0 Å². The van der Waals surface area contributed by atoms with Crippen LogP contribution < -0.4 is 11.1 Å². The van der Waals surface area contributed by atoms with Crippen molar-refractivity contribution in [1.29, 1.82) is 5.41 Å². The molecule has 0 unspecified atom stereocenters. The van der Waals surface area contributed by atoms with Gasteiger partial charge in [0.25, 0.3) is 0 Å². The normalized spacial score (nSPS) is 10.9. The second-order valence-corrected chi connectivity index (χ2v) is 6.19. The van der Waals surface area contributed by atoms with E-state index in [9.17, 15) is 0 Å². The van der Waals surface area contributed by atoms with Crippen LogP contribution in [0.15, 0.2) is 30.6 Å². The molecule has 0 bridgehead atoms. The van der Waals surface area contributed by atoms with Crippen LogP contribution in [-0.2, 0) is 6.54 Å². The number of nitrogens with one attached hydrogen (secondary N) is 2. The summed E-state index contributed by atoms with van der Waals surface area (Å²) in [5, 5.41) is 11.8. The maximum atomic E-state index is 8.03. The molecule has 117 valence electrons. The summed E-state index contributed by atoms with van der Waals surface area (Å²) in [4.78, 5) is 8.64. The number of hydrogen-bond acceptors (Lipinski definition) is 5. The summed E-state index contributed by atoms with van der Waals surface area (Å²) in [5.74, 6) is 1.18. The molecule has 3 rings (SSSR count). The van der Waals surface area contributed by atoms with Crippen LogP contribution in [0.2, 0.25) is 0 Å². The van der Waals surface area contributed by atoms with E-state index < -0.39 is 0 Å². The molecule has 7 heteroatoms. The second-order valence-electron chi connectivity index (χ2n) is 5.34. The van der Waals surface area contributed by atoms with E-state index in [1.54, 1.807) is 7.05 Å². The summed E-state index contributed by atoms with van der Waals surface area (Å²) in [6, 6.07) is 8.26. The molecule has 0 amide bonds. The van der Waals surface area contributed by atoms with E-state index in [-0.39, 0.29) is 4.61 Å². The van der Waals surface area contributed by atoms with E-state index in [0.717, 1.165) is 16.6 Å². The first-order valence-corrected chi connectivity index (χ1v) is 8.00. The van der Waals surface area contributed by atoms with Gasteiger partial charge in [-0.2, -0.15) is 0 Å². The number of aromatic nitrogens is 3. The Morgan fingerprint density at radius 3 is 2.83 bits per heavy atom. The zero-order valence-corrected chi connectivity index (χ0v) is 14.6. The molecule has 2 heterocycles. The van der Waals surface area contributed by atoms with Gasteiger partial charge in [0.15, 0.2) is 0 Å². The van der Waals surface area contributed by atoms with Gasteiger partial charge in [-0.05, 0) is 0 Å². The van der Waals surface area contributed by atoms with Gasteiger partial charge in [-0.1, -0.05) is 0 Å². The molecule has 4 N–H and O–H groups in total. The molecule has 0 aliphatic carbocycles. The van der Waals surface area contributed by atoms with Crippen LogP contribution in [0.5, 0.6) is 0 Å². The maximum absolute atomic E-state index is 8.03. The molecule has 0 fully saturated rings. The molecule has 0 aliphatic heterocycles. The molecule has 0 spiro atoms. The molecule has 0 aliphatic rings. The van der Waals surface area contributed by atoms with Gasteiger partial charge in [-0.3, -0.25) is 0 Å². The number of anilines is 2. The SMILES string of the molecule is CNc1ncnc2c1c(C(=N)[Se])c(N)n2Cc1cccc(C)c1. The first-order valence-electron chi connectivity index (χ1n) is 7.14. The number of nitrogen functional groups attached to an aromatic ring is 1. The van der Waals surface area contributed by atoms with Crippen molar-refractivity contribution in [1.82, 2.24) is 14.5 Å². The Kier molecular flexibility index (Phi) is 4.07. The molecule has 2 aromatic heterocycles. The number of rotatable bonds is 4. The van der Waals surface area contributed by atoms with E-state index in [0.29, 0.717) is 23.7 Å². The van der Waals surface area contributed by atoms with Gasteiger partial charge in [-0.15, -0.1) is 0 Å². The fraction of sp³-hybridized carbons (Fsp3) is 0.188. The molecule has 3 aromatic rings. The molecule has 23 heavy (non-hydrogen) atoms. The van der Waals surface area contributed by atoms with Crippen LogP contribution in [0.1, 0.15) is 16.7 Å². The predicted molar refractivity (Wildman–Crippen MR) is 94.4 cm³/mol. The first kappa shape index (κ1) is 15.5. The number of aryl methyl sites for hydroxylation is 1. The second kappa shape index (κ2) is 6.02. The topological polar surface area (TPSA) is 92.6 Å². The zero-order chi connectivity index (χ0) is 16.6. The van der Waals surface area contributed by atoms with Crippen LogP contribution in [0.3, 0.4) is 0 Å². The van der Waals surface area contributed by atoms with Gasteiger partial charge in [0.1, 0.15) is 0 Å². The number of nitrogens with zero attached hydrogens (tertiary/aromatic N) is 3. The van der Waals surface area contributed by atoms with E-state index >= 15 is 0 Å². The van der Waals surface area contributed by atoms with Gasteiger partial charge >= 0.3 is 142 Å². The van der Waals surface area contributed by atoms with Crippen molar-refractivity contribution < 1.29 is 0 Å². The molecule has 1 aromatic carbocycles. The van der Waals surface area contributed by atoms with Gasteiger partial charge in [0.2, 0.25) is 0 Å². The fourth-order valence-electron chi connectivity index (χ4n) is 2.76. The van der Waals surface area contributed by atoms with E-state index in [2.05, 4.69) is 56.4 Å². The number of benzene rings is 1. The number of fused-ring (bicyclic) bond motifs is 1. The average molecular weight is 372 g/mol. The van der Waals surface area contributed by atoms with E-state index in [4.69, 9.17) is 11.1 Å². The van der Waals surface area contributed by atoms with Crippen molar-refractivity contribution in [3.8, 4) is 0 Å². The van der Waals surface area contributed by atoms with Crippen LogP contribution in [0, 0.1) is 12.3 Å². The summed E-state index contributed by atoms with van der Waals surface area (Å²) >= 11 is 2.73.